The third-order valence-electron chi connectivity index (χ3n) is 11.1. The number of carbonyl (C=O) groups is 3. The zero-order chi connectivity index (χ0) is 43.7. The van der Waals surface area contributed by atoms with E-state index in [0.717, 1.165) is 89.9 Å². The SMILES string of the molecule is CC/C=C\C/C=C\C/C=C\CCCCCCCCC(=O)OC(COC(=O)CCCCCCCCC/C=C\CCCCCCCC)COC(=O)CCCCCCCCCCC. The van der Waals surface area contributed by atoms with Gasteiger partial charge in [0.2, 0.25) is 0 Å². The summed E-state index contributed by atoms with van der Waals surface area (Å²) in [6.45, 7) is 6.50. The van der Waals surface area contributed by atoms with Crippen LogP contribution in [0.4, 0.5) is 0 Å². The molecule has 1 unspecified atom stereocenters. The van der Waals surface area contributed by atoms with Crippen LogP contribution < -0.4 is 0 Å². The summed E-state index contributed by atoms with van der Waals surface area (Å²) in [5, 5.41) is 0. The highest BCUT2D eigenvalue weighted by atomic mass is 16.6. The van der Waals surface area contributed by atoms with E-state index >= 15 is 0 Å². The molecule has 6 heteroatoms. The standard InChI is InChI=1S/C54H96O6/c1-4-7-10-13-16-19-21-23-25-27-29-30-32-35-38-41-44-47-53(56)59-50-51(49-58-52(55)46-43-40-37-34-18-15-12-9-6-3)60-54(57)48-45-42-39-36-33-31-28-26-24-22-20-17-14-11-8-5-2/h8,11,17,20,23-26,51H,4-7,9-10,12-16,18-19,21-22,27-50H2,1-3H3/b11-8-,20-17-,25-23-,26-24-. The van der Waals surface area contributed by atoms with Gasteiger partial charge in [-0.3, -0.25) is 14.4 Å². The molecular formula is C54H96O6. The van der Waals surface area contributed by atoms with E-state index in [9.17, 15) is 14.4 Å². The zero-order valence-corrected chi connectivity index (χ0v) is 39.7. The van der Waals surface area contributed by atoms with Crippen molar-refractivity contribution in [2.45, 2.75) is 264 Å². The Morgan fingerprint density at radius 2 is 0.650 bits per heavy atom. The van der Waals surface area contributed by atoms with Gasteiger partial charge in [0.15, 0.2) is 6.10 Å². The normalized spacial score (nSPS) is 12.4. The summed E-state index contributed by atoms with van der Waals surface area (Å²) in [5.74, 6) is -0.892. The van der Waals surface area contributed by atoms with Gasteiger partial charge in [-0.25, -0.2) is 0 Å². The highest BCUT2D eigenvalue weighted by molar-refractivity contribution is 5.71. The van der Waals surface area contributed by atoms with Crippen molar-refractivity contribution in [2.75, 3.05) is 13.2 Å². The van der Waals surface area contributed by atoms with Crippen molar-refractivity contribution in [2.24, 2.45) is 0 Å². The van der Waals surface area contributed by atoms with Gasteiger partial charge >= 0.3 is 17.9 Å². The second kappa shape index (κ2) is 49.0. The predicted molar refractivity (Wildman–Crippen MR) is 256 cm³/mol. The van der Waals surface area contributed by atoms with Crippen LogP contribution in [-0.2, 0) is 28.6 Å². The molecule has 0 aromatic carbocycles. The Kier molecular flexibility index (Phi) is 46.9. The summed E-state index contributed by atoms with van der Waals surface area (Å²) < 4.78 is 16.8. The molecular weight excluding hydrogens is 745 g/mol. The molecule has 0 aromatic heterocycles. The van der Waals surface area contributed by atoms with Crippen LogP contribution in [0.5, 0.6) is 0 Å². The maximum Gasteiger partial charge on any atom is 0.306 e. The van der Waals surface area contributed by atoms with Crippen molar-refractivity contribution in [1.29, 1.82) is 0 Å². The third kappa shape index (κ3) is 46.4. The number of ether oxygens (including phenoxy) is 3. The van der Waals surface area contributed by atoms with Crippen molar-refractivity contribution < 1.29 is 28.6 Å². The Bertz CT molecular complexity index is 1060. The maximum absolute atomic E-state index is 12.8. The maximum atomic E-state index is 12.8. The molecule has 0 saturated carbocycles. The van der Waals surface area contributed by atoms with Crippen LogP contribution in [0.3, 0.4) is 0 Å². The van der Waals surface area contributed by atoms with Gasteiger partial charge in [-0.2, -0.15) is 0 Å². The molecule has 0 amide bonds. The van der Waals surface area contributed by atoms with Crippen LogP contribution in [0.15, 0.2) is 48.6 Å². The summed E-state index contributed by atoms with van der Waals surface area (Å²) in [7, 11) is 0. The van der Waals surface area contributed by atoms with Gasteiger partial charge in [-0.05, 0) is 77.0 Å². The largest absolute Gasteiger partial charge is 0.462 e. The van der Waals surface area contributed by atoms with Crippen LogP contribution in [-0.4, -0.2) is 37.2 Å². The highest BCUT2D eigenvalue weighted by Gasteiger charge is 2.19. The van der Waals surface area contributed by atoms with Crippen molar-refractivity contribution in [1.82, 2.24) is 0 Å². The smallest absolute Gasteiger partial charge is 0.306 e. The van der Waals surface area contributed by atoms with Crippen LogP contribution in [0.25, 0.3) is 0 Å². The summed E-state index contributed by atoms with van der Waals surface area (Å²) in [6.07, 6.45) is 58.1. The van der Waals surface area contributed by atoms with Gasteiger partial charge < -0.3 is 14.2 Å². The molecule has 0 aliphatic rings. The molecule has 6 nitrogen and oxygen atoms in total. The molecule has 0 aliphatic carbocycles. The molecule has 348 valence electrons. The molecule has 0 rings (SSSR count). The average Bonchev–Trinajstić information content (AvgIpc) is 3.24. The topological polar surface area (TPSA) is 78.9 Å². The monoisotopic (exact) mass is 841 g/mol. The first-order chi connectivity index (χ1) is 29.5. The molecule has 0 N–H and O–H groups in total. The third-order valence-corrected chi connectivity index (χ3v) is 11.1. The number of hydrogen-bond acceptors (Lipinski definition) is 6. The second-order valence-corrected chi connectivity index (χ2v) is 17.1. The number of esters is 3. The van der Waals surface area contributed by atoms with Gasteiger partial charge in [0, 0.05) is 19.3 Å². The van der Waals surface area contributed by atoms with Crippen molar-refractivity contribution in [3.63, 3.8) is 0 Å². The number of carbonyl (C=O) groups excluding carboxylic acids is 3. The van der Waals surface area contributed by atoms with Crippen LogP contribution >= 0.6 is 0 Å². The number of rotatable bonds is 46. The van der Waals surface area contributed by atoms with Gasteiger partial charge in [0.25, 0.3) is 0 Å². The summed E-state index contributed by atoms with van der Waals surface area (Å²) >= 11 is 0. The van der Waals surface area contributed by atoms with Crippen LogP contribution in [0.1, 0.15) is 258 Å². The van der Waals surface area contributed by atoms with Crippen LogP contribution in [0, 0.1) is 0 Å². The summed E-state index contributed by atoms with van der Waals surface area (Å²) in [4.78, 5) is 37.9. The van der Waals surface area contributed by atoms with Gasteiger partial charge in [-0.15, -0.1) is 0 Å². The predicted octanol–water partition coefficient (Wildman–Crippen LogP) is 16.7. The molecule has 1 atom stereocenters. The molecule has 0 fully saturated rings. The molecule has 0 bridgehead atoms. The molecule has 0 aromatic rings. The Balaban J connectivity index is 4.33. The lowest BCUT2D eigenvalue weighted by Crippen LogP contribution is -2.30. The van der Waals surface area contributed by atoms with E-state index in [1.807, 2.05) is 0 Å². The van der Waals surface area contributed by atoms with E-state index in [1.54, 1.807) is 0 Å². The Morgan fingerprint density at radius 1 is 0.350 bits per heavy atom. The fourth-order valence-electron chi connectivity index (χ4n) is 7.22. The Labute approximate surface area is 371 Å². The first kappa shape index (κ1) is 57.4. The minimum Gasteiger partial charge on any atom is -0.462 e. The lowest BCUT2D eigenvalue weighted by Gasteiger charge is -2.18. The minimum atomic E-state index is -0.777. The molecule has 0 heterocycles. The molecule has 0 spiro atoms. The number of hydrogen-bond donors (Lipinski definition) is 0. The fraction of sp³-hybridized carbons (Fsp3) is 0.796. The van der Waals surface area contributed by atoms with E-state index in [-0.39, 0.29) is 31.1 Å². The number of unbranched alkanes of at least 4 members (excludes halogenated alkanes) is 27. The van der Waals surface area contributed by atoms with E-state index < -0.39 is 6.10 Å². The van der Waals surface area contributed by atoms with Crippen LogP contribution in [0.2, 0.25) is 0 Å². The van der Waals surface area contributed by atoms with Gasteiger partial charge in [0.05, 0.1) is 0 Å². The summed E-state index contributed by atoms with van der Waals surface area (Å²) in [6, 6.07) is 0. The molecule has 0 saturated heterocycles. The molecule has 60 heavy (non-hydrogen) atoms. The van der Waals surface area contributed by atoms with Gasteiger partial charge in [-0.1, -0.05) is 211 Å². The minimum absolute atomic E-state index is 0.0781. The first-order valence-electron chi connectivity index (χ1n) is 25.6. The quantitative estimate of drug-likeness (QED) is 0.0263. The lowest BCUT2D eigenvalue weighted by atomic mass is 10.1. The van der Waals surface area contributed by atoms with Crippen molar-refractivity contribution in [3.05, 3.63) is 48.6 Å². The van der Waals surface area contributed by atoms with Crippen molar-refractivity contribution >= 4 is 17.9 Å². The van der Waals surface area contributed by atoms with E-state index in [1.165, 1.54) is 128 Å². The second-order valence-electron chi connectivity index (χ2n) is 17.1. The molecule has 0 radical (unpaired) electrons. The first-order valence-corrected chi connectivity index (χ1v) is 25.6. The zero-order valence-electron chi connectivity index (χ0n) is 39.7. The van der Waals surface area contributed by atoms with Crippen molar-refractivity contribution in [3.8, 4) is 0 Å². The highest BCUT2D eigenvalue weighted by Crippen LogP contribution is 2.15. The fourth-order valence-corrected chi connectivity index (χ4v) is 7.22. The average molecular weight is 841 g/mol. The number of allylic oxidation sites excluding steroid dienone is 8. The lowest BCUT2D eigenvalue weighted by molar-refractivity contribution is -0.167. The Hall–Kier alpha value is -2.63. The van der Waals surface area contributed by atoms with E-state index in [2.05, 4.69) is 69.4 Å². The van der Waals surface area contributed by atoms with E-state index in [0.29, 0.717) is 19.3 Å². The Morgan fingerprint density at radius 3 is 1.03 bits per heavy atom. The molecule has 0 aliphatic heterocycles. The summed E-state index contributed by atoms with van der Waals surface area (Å²) in [5.41, 5.74) is 0. The van der Waals surface area contributed by atoms with E-state index in [4.69, 9.17) is 14.2 Å². The van der Waals surface area contributed by atoms with Gasteiger partial charge in [0.1, 0.15) is 13.2 Å².